The zero-order valence-corrected chi connectivity index (χ0v) is 15.7. The monoisotopic (exact) mass is 387 g/mol. The van der Waals surface area contributed by atoms with Gasteiger partial charge in [-0.2, -0.15) is 0 Å². The lowest BCUT2D eigenvalue weighted by Crippen LogP contribution is -2.17. The molecule has 0 bridgehead atoms. The number of hydrogen-bond acceptors (Lipinski definition) is 3. The SMILES string of the molecule is Cc1ccc(C(C)NCc2ccc(-c3cc(F)c(Cl)c(C(=O)O)c3)o2)cc1. The molecular formula is C21H19ClFNO3. The molecule has 0 saturated heterocycles. The third-order valence-electron chi connectivity index (χ3n) is 4.36. The van der Waals surface area contributed by atoms with Crippen LogP contribution in [-0.2, 0) is 6.54 Å². The van der Waals surface area contributed by atoms with E-state index in [1.165, 1.54) is 23.3 Å². The lowest BCUT2D eigenvalue weighted by Gasteiger charge is -2.13. The summed E-state index contributed by atoms with van der Waals surface area (Å²) in [6.45, 7) is 4.58. The number of benzene rings is 2. The number of carboxylic acid groups (broad SMARTS) is 1. The van der Waals surface area contributed by atoms with Gasteiger partial charge in [-0.25, -0.2) is 9.18 Å². The first-order valence-electron chi connectivity index (χ1n) is 8.46. The molecule has 2 aromatic carbocycles. The Bertz CT molecular complexity index is 966. The molecule has 0 spiro atoms. The van der Waals surface area contributed by atoms with Gasteiger partial charge in [-0.3, -0.25) is 0 Å². The van der Waals surface area contributed by atoms with Crippen molar-refractivity contribution in [3.63, 3.8) is 0 Å². The molecule has 3 aromatic rings. The number of carboxylic acids is 1. The summed E-state index contributed by atoms with van der Waals surface area (Å²) in [5, 5.41) is 12.1. The number of halogens is 2. The summed E-state index contributed by atoms with van der Waals surface area (Å²) in [6, 6.07) is 14.3. The van der Waals surface area contributed by atoms with E-state index < -0.39 is 16.8 Å². The quantitative estimate of drug-likeness (QED) is 0.578. The second-order valence-corrected chi connectivity index (χ2v) is 6.78. The Morgan fingerprint density at radius 2 is 1.93 bits per heavy atom. The van der Waals surface area contributed by atoms with Crippen LogP contribution in [0.1, 0.15) is 40.2 Å². The number of nitrogens with one attached hydrogen (secondary N) is 1. The van der Waals surface area contributed by atoms with Gasteiger partial charge in [0.15, 0.2) is 0 Å². The predicted molar refractivity (Wildman–Crippen MR) is 103 cm³/mol. The van der Waals surface area contributed by atoms with Crippen molar-refractivity contribution in [2.45, 2.75) is 26.4 Å². The van der Waals surface area contributed by atoms with E-state index in [-0.39, 0.29) is 11.6 Å². The summed E-state index contributed by atoms with van der Waals surface area (Å²) in [7, 11) is 0. The summed E-state index contributed by atoms with van der Waals surface area (Å²) in [5.41, 5.74) is 2.40. The number of aromatic carboxylic acids is 1. The number of carbonyl (C=O) groups is 1. The van der Waals surface area contributed by atoms with Crippen molar-refractivity contribution in [2.75, 3.05) is 0 Å². The van der Waals surface area contributed by atoms with Crippen LogP contribution in [0.25, 0.3) is 11.3 Å². The minimum Gasteiger partial charge on any atom is -0.478 e. The van der Waals surface area contributed by atoms with Gasteiger partial charge in [-0.15, -0.1) is 0 Å². The largest absolute Gasteiger partial charge is 0.478 e. The fourth-order valence-corrected chi connectivity index (χ4v) is 2.93. The summed E-state index contributed by atoms with van der Waals surface area (Å²) in [4.78, 5) is 11.2. The summed E-state index contributed by atoms with van der Waals surface area (Å²) >= 11 is 5.71. The van der Waals surface area contributed by atoms with Gasteiger partial charge in [0.2, 0.25) is 0 Å². The van der Waals surface area contributed by atoms with Crippen LogP contribution in [0.3, 0.4) is 0 Å². The van der Waals surface area contributed by atoms with E-state index in [4.69, 9.17) is 21.1 Å². The number of hydrogen-bond donors (Lipinski definition) is 2. The summed E-state index contributed by atoms with van der Waals surface area (Å²) < 4.78 is 19.7. The van der Waals surface area contributed by atoms with Crippen molar-refractivity contribution < 1.29 is 18.7 Å². The second-order valence-electron chi connectivity index (χ2n) is 6.40. The Morgan fingerprint density at radius 1 is 1.22 bits per heavy atom. The first-order chi connectivity index (χ1) is 12.8. The van der Waals surface area contributed by atoms with Crippen LogP contribution in [0, 0.1) is 12.7 Å². The molecule has 3 rings (SSSR count). The van der Waals surface area contributed by atoms with Crippen molar-refractivity contribution in [2.24, 2.45) is 0 Å². The van der Waals surface area contributed by atoms with Crippen LogP contribution >= 0.6 is 11.6 Å². The first kappa shape index (κ1) is 19.1. The van der Waals surface area contributed by atoms with E-state index in [0.29, 0.717) is 23.6 Å². The van der Waals surface area contributed by atoms with Crippen LogP contribution in [-0.4, -0.2) is 11.1 Å². The molecule has 0 fully saturated rings. The van der Waals surface area contributed by atoms with Crippen molar-refractivity contribution in [1.29, 1.82) is 0 Å². The standard InChI is InChI=1S/C21H19ClFNO3/c1-12-3-5-14(6-4-12)13(2)24-11-16-7-8-19(27-16)15-9-17(21(25)26)20(22)18(23)10-15/h3-10,13,24H,11H2,1-2H3,(H,25,26). The molecular weight excluding hydrogens is 369 g/mol. The van der Waals surface area contributed by atoms with Crippen LogP contribution in [0.15, 0.2) is 52.9 Å². The van der Waals surface area contributed by atoms with Crippen molar-refractivity contribution in [3.8, 4) is 11.3 Å². The van der Waals surface area contributed by atoms with Gasteiger partial charge in [0.25, 0.3) is 0 Å². The van der Waals surface area contributed by atoms with E-state index in [9.17, 15) is 9.18 Å². The molecule has 1 aromatic heterocycles. The zero-order chi connectivity index (χ0) is 19.6. The molecule has 27 heavy (non-hydrogen) atoms. The molecule has 0 aliphatic rings. The topological polar surface area (TPSA) is 62.5 Å². The lowest BCUT2D eigenvalue weighted by atomic mass is 10.1. The molecule has 2 N–H and O–H groups in total. The summed E-state index contributed by atoms with van der Waals surface area (Å²) in [5.74, 6) is -1.04. The lowest BCUT2D eigenvalue weighted by molar-refractivity contribution is 0.0696. The average Bonchev–Trinajstić information content (AvgIpc) is 3.11. The molecule has 4 nitrogen and oxygen atoms in total. The van der Waals surface area contributed by atoms with Crippen LogP contribution in [0.5, 0.6) is 0 Å². The van der Waals surface area contributed by atoms with Gasteiger partial charge in [0, 0.05) is 11.6 Å². The molecule has 0 aliphatic heterocycles. The molecule has 1 atom stereocenters. The number of rotatable bonds is 6. The third-order valence-corrected chi connectivity index (χ3v) is 4.75. The van der Waals surface area contributed by atoms with Crippen molar-refractivity contribution in [3.05, 3.63) is 81.8 Å². The van der Waals surface area contributed by atoms with E-state index in [1.807, 2.05) is 6.92 Å². The molecule has 0 aliphatic carbocycles. The molecule has 0 radical (unpaired) electrons. The minimum atomic E-state index is -1.29. The fourth-order valence-electron chi connectivity index (χ4n) is 2.74. The van der Waals surface area contributed by atoms with Gasteiger partial charge in [0.05, 0.1) is 17.1 Å². The van der Waals surface area contributed by atoms with Crippen LogP contribution in [0.2, 0.25) is 5.02 Å². The Morgan fingerprint density at radius 3 is 2.59 bits per heavy atom. The third kappa shape index (κ3) is 4.38. The maximum atomic E-state index is 13.9. The van der Waals surface area contributed by atoms with Gasteiger partial charge >= 0.3 is 5.97 Å². The Balaban J connectivity index is 1.73. The van der Waals surface area contributed by atoms with Crippen LogP contribution < -0.4 is 5.32 Å². The zero-order valence-electron chi connectivity index (χ0n) is 14.9. The Labute approximate surface area is 161 Å². The minimum absolute atomic E-state index is 0.130. The van der Waals surface area contributed by atoms with Crippen molar-refractivity contribution >= 4 is 17.6 Å². The molecule has 1 heterocycles. The van der Waals surface area contributed by atoms with Gasteiger partial charge in [0.1, 0.15) is 17.3 Å². The molecule has 1 unspecified atom stereocenters. The molecule has 0 amide bonds. The molecule has 6 heteroatoms. The van der Waals surface area contributed by atoms with E-state index in [0.717, 1.165) is 0 Å². The Kier molecular flexibility index (Phi) is 5.63. The van der Waals surface area contributed by atoms with E-state index >= 15 is 0 Å². The average molecular weight is 388 g/mol. The smallest absolute Gasteiger partial charge is 0.337 e. The van der Waals surface area contributed by atoms with Gasteiger partial charge in [-0.1, -0.05) is 41.4 Å². The molecule has 0 saturated carbocycles. The number of aryl methyl sites for hydroxylation is 1. The second kappa shape index (κ2) is 7.94. The highest BCUT2D eigenvalue weighted by atomic mass is 35.5. The summed E-state index contributed by atoms with van der Waals surface area (Å²) in [6.07, 6.45) is 0. The van der Waals surface area contributed by atoms with Gasteiger partial charge in [-0.05, 0) is 43.7 Å². The van der Waals surface area contributed by atoms with Gasteiger partial charge < -0.3 is 14.8 Å². The highest BCUT2D eigenvalue weighted by Crippen LogP contribution is 2.29. The normalized spacial score (nSPS) is 12.1. The van der Waals surface area contributed by atoms with Crippen LogP contribution in [0.4, 0.5) is 4.39 Å². The van der Waals surface area contributed by atoms with Crippen molar-refractivity contribution in [1.82, 2.24) is 5.32 Å². The fraction of sp³-hybridized carbons (Fsp3) is 0.190. The van der Waals surface area contributed by atoms with E-state index in [2.05, 4.69) is 36.5 Å². The maximum absolute atomic E-state index is 13.9. The highest BCUT2D eigenvalue weighted by Gasteiger charge is 2.17. The Hall–Kier alpha value is -2.63. The van der Waals surface area contributed by atoms with E-state index in [1.54, 1.807) is 12.1 Å². The first-order valence-corrected chi connectivity index (χ1v) is 8.84. The highest BCUT2D eigenvalue weighted by molar-refractivity contribution is 6.33. The molecule has 140 valence electrons. The number of furan rings is 1. The predicted octanol–water partition coefficient (Wildman–Crippen LogP) is 5.60. The maximum Gasteiger partial charge on any atom is 0.337 e.